The molecule has 3 atom stereocenters. The van der Waals surface area contributed by atoms with Crippen LogP contribution in [0.3, 0.4) is 0 Å². The summed E-state index contributed by atoms with van der Waals surface area (Å²) in [6.07, 6.45) is -5.07. The second kappa shape index (κ2) is 24.1. The van der Waals surface area contributed by atoms with Crippen LogP contribution in [0.4, 0.5) is 18.0 Å². The lowest BCUT2D eigenvalue weighted by atomic mass is 9.94. The maximum Gasteiger partial charge on any atom is 0.446 e. The fourth-order valence-electron chi connectivity index (χ4n) is 5.25. The maximum atomic E-state index is 12.2. The molecule has 0 spiro atoms. The molecule has 0 saturated heterocycles. The van der Waals surface area contributed by atoms with E-state index in [0.717, 1.165) is 38.4 Å². The highest BCUT2D eigenvalue weighted by molar-refractivity contribution is 6.31. The lowest BCUT2D eigenvalue weighted by molar-refractivity contribution is -0.156. The smallest absolute Gasteiger partial charge is 0.446 e. The van der Waals surface area contributed by atoms with Crippen molar-refractivity contribution in [1.29, 1.82) is 0 Å². The van der Waals surface area contributed by atoms with Gasteiger partial charge in [-0.2, -0.15) is 13.2 Å². The summed E-state index contributed by atoms with van der Waals surface area (Å²) in [5.41, 5.74) is 11.8. The van der Waals surface area contributed by atoms with Gasteiger partial charge in [0.25, 0.3) is 0 Å². The number of halogens is 5. The third-order valence-electron chi connectivity index (χ3n) is 8.05. The maximum absolute atomic E-state index is 12.2. The van der Waals surface area contributed by atoms with E-state index < -0.39 is 30.2 Å². The zero-order valence-corrected chi connectivity index (χ0v) is 34.9. The third kappa shape index (κ3) is 19.5. The summed E-state index contributed by atoms with van der Waals surface area (Å²) < 4.78 is 46.6. The van der Waals surface area contributed by atoms with Gasteiger partial charge >= 0.3 is 24.2 Å². The van der Waals surface area contributed by atoms with Crippen LogP contribution in [0.2, 0.25) is 10.0 Å². The number of hydrogen-bond donors (Lipinski definition) is 2. The average Bonchev–Trinajstić information content (AvgIpc) is 3.14. The number of hydrogen-bond acceptors (Lipinski definition) is 8. The first-order valence-electron chi connectivity index (χ1n) is 18.5. The van der Waals surface area contributed by atoms with Crippen LogP contribution in [0, 0.1) is 5.92 Å². The lowest BCUT2D eigenvalue weighted by Gasteiger charge is -2.23. The molecule has 1 unspecified atom stereocenters. The van der Waals surface area contributed by atoms with Gasteiger partial charge in [-0.15, -0.1) is 0 Å². The SMILES string of the molecule is CCOC(=O)C(C)[C@H](N)Cc1ccc(-c2cccc(Cl)c2)cc1.CCOC(=O)C[C@@H](Cc1ccc(-c2cccc(Cl)c2)cc1)NC(=O)OC(C)(C)C.O=CC(F)(F)F. The molecule has 0 radical (unpaired) electrons. The van der Waals surface area contributed by atoms with E-state index in [1.807, 2.05) is 104 Å². The summed E-state index contributed by atoms with van der Waals surface area (Å²) in [6, 6.07) is 30.8. The van der Waals surface area contributed by atoms with Gasteiger partial charge in [-0.1, -0.05) is 103 Å². The Morgan fingerprint density at radius 2 is 1.19 bits per heavy atom. The van der Waals surface area contributed by atoms with Crippen LogP contribution in [0.25, 0.3) is 22.3 Å². The van der Waals surface area contributed by atoms with Crippen LogP contribution in [0.15, 0.2) is 97.1 Å². The molecule has 0 heterocycles. The summed E-state index contributed by atoms with van der Waals surface area (Å²) in [6.45, 7) is 11.4. The Balaban J connectivity index is 0.000000357. The quantitative estimate of drug-likeness (QED) is 0.0772. The molecule has 0 bridgehead atoms. The number of rotatable bonds is 13. The second-order valence-electron chi connectivity index (χ2n) is 14.0. The molecular formula is C44H51Cl2F3N2O7. The Bertz CT molecular complexity index is 1900. The monoisotopic (exact) mass is 846 g/mol. The van der Waals surface area contributed by atoms with Crippen LogP contribution in [0.1, 0.15) is 59.1 Å². The third-order valence-corrected chi connectivity index (χ3v) is 8.52. The van der Waals surface area contributed by atoms with Crippen molar-refractivity contribution in [2.45, 2.75) is 84.7 Å². The van der Waals surface area contributed by atoms with Crippen molar-refractivity contribution in [3.05, 3.63) is 118 Å². The van der Waals surface area contributed by atoms with E-state index in [1.54, 1.807) is 34.6 Å². The minimum absolute atomic E-state index is 0.0725. The Labute approximate surface area is 348 Å². The predicted octanol–water partition coefficient (Wildman–Crippen LogP) is 10.2. The highest BCUT2D eigenvalue weighted by Gasteiger charge is 2.25. The van der Waals surface area contributed by atoms with Crippen molar-refractivity contribution in [3.8, 4) is 22.3 Å². The Morgan fingerprint density at radius 3 is 1.59 bits per heavy atom. The fraction of sp³-hybridized carbons (Fsp3) is 0.364. The van der Waals surface area contributed by atoms with E-state index in [1.165, 1.54) is 0 Å². The minimum atomic E-state index is -4.64. The van der Waals surface area contributed by atoms with E-state index >= 15 is 0 Å². The van der Waals surface area contributed by atoms with Gasteiger partial charge in [0.2, 0.25) is 6.29 Å². The number of ether oxygens (including phenoxy) is 3. The largest absolute Gasteiger partial charge is 0.466 e. The van der Waals surface area contributed by atoms with Crippen molar-refractivity contribution in [2.24, 2.45) is 11.7 Å². The standard InChI is InChI=1S/C23H28ClNO4.C19H22ClNO2.C2HF3O/c1-5-28-21(26)15-20(25-22(27)29-23(2,3)4)13-16-9-11-17(12-10-16)18-7-6-8-19(24)14-18;1-3-23-19(22)13(2)18(21)11-14-7-9-15(10-8-14)16-5-4-6-17(20)12-16;3-2(4,5)1-6/h6-12,14,20H,5,13,15H2,1-4H3,(H,25,27);4-10,12-13,18H,3,11,21H2,1-2H3;1H/t20-;13?,18-;/m11./s1. The first-order chi connectivity index (χ1) is 27.2. The minimum Gasteiger partial charge on any atom is -0.466 e. The van der Waals surface area contributed by atoms with Gasteiger partial charge in [-0.25, -0.2) is 4.79 Å². The highest BCUT2D eigenvalue weighted by Crippen LogP contribution is 2.25. The molecule has 4 aromatic carbocycles. The molecule has 0 saturated carbocycles. The molecule has 1 amide bonds. The lowest BCUT2D eigenvalue weighted by Crippen LogP contribution is -2.41. The molecule has 3 N–H and O–H groups in total. The van der Waals surface area contributed by atoms with E-state index in [-0.39, 0.29) is 30.3 Å². The van der Waals surface area contributed by atoms with Gasteiger partial charge in [0.1, 0.15) is 5.60 Å². The first-order valence-corrected chi connectivity index (χ1v) is 19.3. The molecule has 4 aromatic rings. The number of carbonyl (C=O) groups excluding carboxylic acids is 4. The Kier molecular flexibility index (Phi) is 20.5. The Hall–Kier alpha value is -4.91. The van der Waals surface area contributed by atoms with Crippen molar-refractivity contribution < 1.29 is 46.6 Å². The van der Waals surface area contributed by atoms with E-state index in [9.17, 15) is 27.6 Å². The number of amides is 1. The topological polar surface area (TPSA) is 134 Å². The fourth-order valence-corrected chi connectivity index (χ4v) is 5.63. The molecule has 14 heteroatoms. The summed E-state index contributed by atoms with van der Waals surface area (Å²) in [5.74, 6) is -0.915. The van der Waals surface area contributed by atoms with Crippen molar-refractivity contribution in [3.63, 3.8) is 0 Å². The van der Waals surface area contributed by atoms with Crippen LogP contribution in [0.5, 0.6) is 0 Å². The number of alkyl halides is 3. The highest BCUT2D eigenvalue weighted by atomic mass is 35.5. The van der Waals surface area contributed by atoms with Crippen LogP contribution >= 0.6 is 23.2 Å². The van der Waals surface area contributed by atoms with E-state index in [0.29, 0.717) is 31.1 Å². The summed E-state index contributed by atoms with van der Waals surface area (Å²) in [4.78, 5) is 44.6. The molecule has 0 aromatic heterocycles. The van der Waals surface area contributed by atoms with Gasteiger partial charge in [0.05, 0.1) is 25.6 Å². The number of esters is 2. The van der Waals surface area contributed by atoms with Gasteiger partial charge in [0.15, 0.2) is 0 Å². The van der Waals surface area contributed by atoms with Gasteiger partial charge in [0, 0.05) is 22.1 Å². The molecule has 0 aliphatic heterocycles. The molecule has 4 rings (SSSR count). The number of alkyl carbamates (subject to hydrolysis) is 1. The summed E-state index contributed by atoms with van der Waals surface area (Å²) in [5, 5.41) is 4.19. The molecule has 9 nitrogen and oxygen atoms in total. The van der Waals surface area contributed by atoms with Crippen LogP contribution in [-0.2, 0) is 41.4 Å². The van der Waals surface area contributed by atoms with Crippen LogP contribution in [-0.4, -0.2) is 61.4 Å². The summed E-state index contributed by atoms with van der Waals surface area (Å²) >= 11 is 12.1. The van der Waals surface area contributed by atoms with Crippen molar-refractivity contribution in [1.82, 2.24) is 5.32 Å². The first kappa shape index (κ1) is 49.2. The molecular weight excluding hydrogens is 796 g/mol. The zero-order chi connectivity index (χ0) is 43.5. The molecule has 58 heavy (non-hydrogen) atoms. The van der Waals surface area contributed by atoms with Gasteiger partial charge < -0.3 is 25.3 Å². The summed E-state index contributed by atoms with van der Waals surface area (Å²) in [7, 11) is 0. The van der Waals surface area contributed by atoms with E-state index in [2.05, 4.69) is 5.32 Å². The molecule has 0 aliphatic carbocycles. The van der Waals surface area contributed by atoms with Crippen LogP contribution < -0.4 is 11.1 Å². The molecule has 314 valence electrons. The number of nitrogens with one attached hydrogen (secondary N) is 1. The number of nitrogens with two attached hydrogens (primary N) is 1. The molecule has 0 fully saturated rings. The second-order valence-corrected chi connectivity index (χ2v) is 14.9. The van der Waals surface area contributed by atoms with Crippen molar-refractivity contribution in [2.75, 3.05) is 13.2 Å². The number of carbonyl (C=O) groups is 4. The normalized spacial score (nSPS) is 12.6. The zero-order valence-electron chi connectivity index (χ0n) is 33.4. The molecule has 0 aliphatic rings. The Morgan fingerprint density at radius 1 is 0.741 bits per heavy atom. The van der Waals surface area contributed by atoms with Gasteiger partial charge in [-0.05, 0) is 105 Å². The number of aldehydes is 1. The van der Waals surface area contributed by atoms with E-state index in [4.69, 9.17) is 47.9 Å². The predicted molar refractivity (Wildman–Crippen MR) is 221 cm³/mol. The number of benzene rings is 4. The van der Waals surface area contributed by atoms with Gasteiger partial charge in [-0.3, -0.25) is 14.4 Å². The average molecular weight is 848 g/mol. The van der Waals surface area contributed by atoms with Crippen molar-refractivity contribution >= 4 is 47.5 Å².